The Kier molecular flexibility index (Phi) is 4.28. The minimum atomic E-state index is -0.398. The van der Waals surface area contributed by atoms with Gasteiger partial charge in [-0.3, -0.25) is 14.7 Å². The zero-order chi connectivity index (χ0) is 13.0. The van der Waals surface area contributed by atoms with Gasteiger partial charge in [0.05, 0.1) is 11.3 Å². The van der Waals surface area contributed by atoms with Gasteiger partial charge in [0.2, 0.25) is 0 Å². The third-order valence-corrected chi connectivity index (χ3v) is 3.42. The van der Waals surface area contributed by atoms with Crippen molar-refractivity contribution >= 4 is 5.91 Å². The van der Waals surface area contributed by atoms with E-state index in [1.54, 1.807) is 18.3 Å². The standard InChI is InChI=1S/C13H20N4O/c1-10(17-7-5-15-6-8-17)9-12-11(13(14)18)3-2-4-16-12/h2-4,10,15H,5-9H2,1H3,(H2,14,18)/t10-/m0/s1. The van der Waals surface area contributed by atoms with Crippen molar-refractivity contribution in [2.45, 2.75) is 19.4 Å². The van der Waals surface area contributed by atoms with E-state index in [4.69, 9.17) is 5.73 Å². The van der Waals surface area contributed by atoms with Crippen LogP contribution in [0.5, 0.6) is 0 Å². The molecule has 0 radical (unpaired) electrons. The third-order valence-electron chi connectivity index (χ3n) is 3.42. The lowest BCUT2D eigenvalue weighted by atomic mass is 10.1. The van der Waals surface area contributed by atoms with Crippen molar-refractivity contribution in [3.63, 3.8) is 0 Å². The maximum absolute atomic E-state index is 11.3. The number of aromatic nitrogens is 1. The molecule has 1 aromatic heterocycles. The molecule has 0 aliphatic carbocycles. The lowest BCUT2D eigenvalue weighted by Crippen LogP contribution is -2.48. The summed E-state index contributed by atoms with van der Waals surface area (Å²) >= 11 is 0. The van der Waals surface area contributed by atoms with Gasteiger partial charge in [-0.25, -0.2) is 0 Å². The first-order valence-electron chi connectivity index (χ1n) is 6.37. The van der Waals surface area contributed by atoms with Crippen LogP contribution in [0.4, 0.5) is 0 Å². The van der Waals surface area contributed by atoms with Crippen molar-refractivity contribution in [2.24, 2.45) is 5.73 Å². The molecule has 1 aromatic rings. The quantitative estimate of drug-likeness (QED) is 0.788. The summed E-state index contributed by atoms with van der Waals surface area (Å²) in [6, 6.07) is 3.87. The van der Waals surface area contributed by atoms with Crippen molar-refractivity contribution in [3.8, 4) is 0 Å². The van der Waals surface area contributed by atoms with E-state index in [9.17, 15) is 4.79 Å². The number of piperazine rings is 1. The summed E-state index contributed by atoms with van der Waals surface area (Å²) in [4.78, 5) is 18.0. The largest absolute Gasteiger partial charge is 0.366 e. The molecule has 1 atom stereocenters. The summed E-state index contributed by atoms with van der Waals surface area (Å²) in [5, 5.41) is 3.33. The fourth-order valence-electron chi connectivity index (χ4n) is 2.36. The Morgan fingerprint density at radius 3 is 2.94 bits per heavy atom. The first-order chi connectivity index (χ1) is 8.68. The average molecular weight is 248 g/mol. The number of primary amides is 1. The van der Waals surface area contributed by atoms with Crippen molar-refractivity contribution in [2.75, 3.05) is 26.2 Å². The highest BCUT2D eigenvalue weighted by atomic mass is 16.1. The van der Waals surface area contributed by atoms with Crippen LogP contribution in [0.1, 0.15) is 23.0 Å². The molecule has 98 valence electrons. The number of amides is 1. The van der Waals surface area contributed by atoms with Crippen molar-refractivity contribution < 1.29 is 4.79 Å². The van der Waals surface area contributed by atoms with Crippen LogP contribution in [0.2, 0.25) is 0 Å². The first-order valence-corrected chi connectivity index (χ1v) is 6.37. The van der Waals surface area contributed by atoms with E-state index in [1.807, 2.05) is 0 Å². The topological polar surface area (TPSA) is 71.2 Å². The molecule has 5 nitrogen and oxygen atoms in total. The summed E-state index contributed by atoms with van der Waals surface area (Å²) in [6.07, 6.45) is 2.48. The van der Waals surface area contributed by atoms with Crippen LogP contribution >= 0.6 is 0 Å². The Morgan fingerprint density at radius 2 is 2.28 bits per heavy atom. The van der Waals surface area contributed by atoms with E-state index < -0.39 is 5.91 Å². The molecule has 1 fully saturated rings. The first kappa shape index (κ1) is 13.0. The van der Waals surface area contributed by atoms with Gasteiger partial charge in [-0.15, -0.1) is 0 Å². The molecule has 1 saturated heterocycles. The SMILES string of the molecule is C[C@@H](Cc1ncccc1C(N)=O)N1CCNCC1. The van der Waals surface area contributed by atoms with Gasteiger partial charge < -0.3 is 11.1 Å². The van der Waals surface area contributed by atoms with Gasteiger partial charge in [-0.2, -0.15) is 0 Å². The zero-order valence-electron chi connectivity index (χ0n) is 10.7. The van der Waals surface area contributed by atoms with E-state index in [0.29, 0.717) is 11.6 Å². The van der Waals surface area contributed by atoms with Gasteiger partial charge in [0.1, 0.15) is 0 Å². The molecule has 0 saturated carbocycles. The molecular weight excluding hydrogens is 228 g/mol. The lowest BCUT2D eigenvalue weighted by Gasteiger charge is -2.32. The number of pyridine rings is 1. The number of nitrogens with zero attached hydrogens (tertiary/aromatic N) is 2. The molecule has 3 N–H and O–H groups in total. The maximum Gasteiger partial charge on any atom is 0.250 e. The van der Waals surface area contributed by atoms with E-state index in [2.05, 4.69) is 22.1 Å². The molecule has 0 spiro atoms. The normalized spacial score (nSPS) is 18.5. The Labute approximate surface area is 107 Å². The molecule has 0 aromatic carbocycles. The Morgan fingerprint density at radius 1 is 1.56 bits per heavy atom. The average Bonchev–Trinajstić information content (AvgIpc) is 2.40. The number of hydrogen-bond acceptors (Lipinski definition) is 4. The fraction of sp³-hybridized carbons (Fsp3) is 0.538. The third kappa shape index (κ3) is 3.05. The Balaban J connectivity index is 2.06. The van der Waals surface area contributed by atoms with Crippen molar-refractivity contribution in [1.29, 1.82) is 0 Å². The van der Waals surface area contributed by atoms with Gasteiger partial charge in [-0.1, -0.05) is 0 Å². The second-order valence-electron chi connectivity index (χ2n) is 4.70. The van der Waals surface area contributed by atoms with Crippen LogP contribution in [0.15, 0.2) is 18.3 Å². The van der Waals surface area contributed by atoms with Gasteiger partial charge in [0.15, 0.2) is 0 Å². The maximum atomic E-state index is 11.3. The fourth-order valence-corrected chi connectivity index (χ4v) is 2.36. The van der Waals surface area contributed by atoms with Crippen molar-refractivity contribution in [1.82, 2.24) is 15.2 Å². The summed E-state index contributed by atoms with van der Waals surface area (Å²) < 4.78 is 0. The molecular formula is C13H20N4O. The smallest absolute Gasteiger partial charge is 0.250 e. The van der Waals surface area contributed by atoms with Crippen LogP contribution in [-0.2, 0) is 6.42 Å². The molecule has 2 rings (SSSR count). The number of carbonyl (C=O) groups is 1. The summed E-state index contributed by atoms with van der Waals surface area (Å²) in [5.74, 6) is -0.398. The Bertz CT molecular complexity index is 415. The molecule has 1 aliphatic rings. The number of carbonyl (C=O) groups excluding carboxylic acids is 1. The second kappa shape index (κ2) is 5.93. The molecule has 5 heteroatoms. The predicted octanol–water partition coefficient (Wildman–Crippen LogP) is 0.0167. The minimum absolute atomic E-state index is 0.375. The molecule has 1 aliphatic heterocycles. The van der Waals surface area contributed by atoms with Crippen molar-refractivity contribution in [3.05, 3.63) is 29.6 Å². The van der Waals surface area contributed by atoms with Gasteiger partial charge in [-0.05, 0) is 19.1 Å². The summed E-state index contributed by atoms with van der Waals surface area (Å²) in [5.41, 5.74) is 6.71. The number of rotatable bonds is 4. The lowest BCUT2D eigenvalue weighted by molar-refractivity contribution is 0.0998. The molecule has 0 unspecified atom stereocenters. The summed E-state index contributed by atoms with van der Waals surface area (Å²) in [6.45, 7) is 6.30. The van der Waals surface area contributed by atoms with E-state index in [-0.39, 0.29) is 0 Å². The number of hydrogen-bond donors (Lipinski definition) is 2. The number of nitrogens with one attached hydrogen (secondary N) is 1. The zero-order valence-corrected chi connectivity index (χ0v) is 10.7. The van der Waals surface area contributed by atoms with Crippen LogP contribution < -0.4 is 11.1 Å². The van der Waals surface area contributed by atoms with Gasteiger partial charge in [0, 0.05) is 44.8 Å². The summed E-state index contributed by atoms with van der Waals surface area (Å²) in [7, 11) is 0. The van der Waals surface area contributed by atoms with E-state index in [0.717, 1.165) is 38.3 Å². The second-order valence-corrected chi connectivity index (χ2v) is 4.70. The van der Waals surface area contributed by atoms with E-state index >= 15 is 0 Å². The highest BCUT2D eigenvalue weighted by Crippen LogP contribution is 2.11. The van der Waals surface area contributed by atoms with Crippen LogP contribution in [0.25, 0.3) is 0 Å². The molecule has 18 heavy (non-hydrogen) atoms. The van der Waals surface area contributed by atoms with Gasteiger partial charge in [0.25, 0.3) is 5.91 Å². The monoisotopic (exact) mass is 248 g/mol. The molecule has 0 bridgehead atoms. The Hall–Kier alpha value is -1.46. The highest BCUT2D eigenvalue weighted by Gasteiger charge is 2.19. The molecule has 1 amide bonds. The molecule has 2 heterocycles. The van der Waals surface area contributed by atoms with Crippen LogP contribution in [0.3, 0.4) is 0 Å². The predicted molar refractivity (Wildman–Crippen MR) is 70.4 cm³/mol. The highest BCUT2D eigenvalue weighted by molar-refractivity contribution is 5.93. The van der Waals surface area contributed by atoms with Crippen LogP contribution in [0, 0.1) is 0 Å². The van der Waals surface area contributed by atoms with Crippen LogP contribution in [-0.4, -0.2) is 48.0 Å². The minimum Gasteiger partial charge on any atom is -0.366 e. The van der Waals surface area contributed by atoms with Gasteiger partial charge >= 0.3 is 0 Å². The number of nitrogens with two attached hydrogens (primary N) is 1. The van der Waals surface area contributed by atoms with E-state index in [1.165, 1.54) is 0 Å².